The van der Waals surface area contributed by atoms with E-state index in [-0.39, 0.29) is 17.0 Å². The Labute approximate surface area is 243 Å². The zero-order valence-electron chi connectivity index (χ0n) is 20.8. The zero-order chi connectivity index (χ0) is 28.4. The van der Waals surface area contributed by atoms with Crippen LogP contribution in [0.25, 0.3) is 11.3 Å². The van der Waals surface area contributed by atoms with Gasteiger partial charge in [-0.25, -0.2) is 4.98 Å². The van der Waals surface area contributed by atoms with Crippen molar-refractivity contribution in [2.75, 3.05) is 4.90 Å². The minimum absolute atomic E-state index is 0.0570. The fourth-order valence-corrected chi connectivity index (χ4v) is 6.06. The fourth-order valence-electron chi connectivity index (χ4n) is 3.67. The van der Waals surface area contributed by atoms with Crippen molar-refractivity contribution >= 4 is 58.4 Å². The molecule has 2 unspecified atom stereocenters. The van der Waals surface area contributed by atoms with E-state index in [0.717, 1.165) is 11.6 Å². The molecule has 2 atom stereocenters. The third-order valence-electron chi connectivity index (χ3n) is 5.95. The lowest BCUT2D eigenvalue weighted by Gasteiger charge is -2.26. The Kier molecular flexibility index (Phi) is 9.21. The van der Waals surface area contributed by atoms with Gasteiger partial charge in [0, 0.05) is 21.3 Å². The summed E-state index contributed by atoms with van der Waals surface area (Å²) in [5.74, 6) is 0.534. The first-order chi connectivity index (χ1) is 18.4. The highest BCUT2D eigenvalue weighted by molar-refractivity contribution is 9.10. The molecule has 0 aliphatic rings. The van der Waals surface area contributed by atoms with E-state index in [9.17, 15) is 9.46 Å². The van der Waals surface area contributed by atoms with Gasteiger partial charge >= 0.3 is 19.3 Å². The Hall–Kier alpha value is -2.26. The van der Waals surface area contributed by atoms with Crippen molar-refractivity contribution in [2.45, 2.75) is 38.6 Å². The first-order valence-corrected chi connectivity index (χ1v) is 15.0. The number of alkyl halides is 2. The topological polar surface area (TPSA) is 75.8 Å². The smallest absolute Gasteiger partial charge is 0.402 e. The molecule has 0 aliphatic heterocycles. The molecule has 6 nitrogen and oxygen atoms in total. The number of benzene rings is 3. The van der Waals surface area contributed by atoms with Gasteiger partial charge in [-0.3, -0.25) is 9.46 Å². The number of oxazole rings is 1. The maximum atomic E-state index is 15.1. The van der Waals surface area contributed by atoms with Crippen LogP contribution in [0.5, 0.6) is 0 Å². The molecule has 1 aromatic heterocycles. The average Bonchev–Trinajstić information content (AvgIpc) is 3.39. The molecule has 0 spiro atoms. The predicted octanol–water partition coefficient (Wildman–Crippen LogP) is 9.80. The Bertz CT molecular complexity index is 1510. The van der Waals surface area contributed by atoms with Crippen molar-refractivity contribution in [1.82, 2.24) is 4.98 Å². The van der Waals surface area contributed by atoms with Crippen LogP contribution >= 0.6 is 46.7 Å². The lowest BCUT2D eigenvalue weighted by molar-refractivity contribution is 0.0341. The summed E-state index contributed by atoms with van der Waals surface area (Å²) in [4.78, 5) is 16.2. The van der Waals surface area contributed by atoms with Crippen molar-refractivity contribution in [3.63, 3.8) is 0 Å². The molecule has 1 heterocycles. The normalized spacial score (nSPS) is 14.2. The molecule has 4 rings (SSSR count). The molecular formula is C27H24BrCl2F2N2O4P. The molecule has 0 saturated heterocycles. The van der Waals surface area contributed by atoms with Gasteiger partial charge in [0.2, 0.25) is 0 Å². The van der Waals surface area contributed by atoms with Gasteiger partial charge in [0.15, 0.2) is 5.76 Å². The zero-order valence-corrected chi connectivity index (χ0v) is 24.8. The van der Waals surface area contributed by atoms with Gasteiger partial charge in [-0.1, -0.05) is 88.5 Å². The number of nitrogens with zero attached hydrogens (tertiary/aromatic N) is 2. The van der Waals surface area contributed by atoms with E-state index in [1.54, 1.807) is 36.2 Å². The van der Waals surface area contributed by atoms with Crippen molar-refractivity contribution in [2.24, 2.45) is 0 Å². The number of hydrogen-bond acceptors (Lipinski definition) is 5. The third-order valence-corrected chi connectivity index (χ3v) is 8.94. The molecule has 3 aromatic carbocycles. The molecule has 0 amide bonds. The molecule has 0 saturated carbocycles. The first kappa shape index (κ1) is 29.7. The fraction of sp³-hybridized carbons (Fsp3) is 0.222. The van der Waals surface area contributed by atoms with E-state index >= 15 is 8.78 Å². The average molecular weight is 660 g/mol. The van der Waals surface area contributed by atoms with Crippen molar-refractivity contribution in [3.8, 4) is 11.3 Å². The number of rotatable bonds is 10. The first-order valence-electron chi connectivity index (χ1n) is 11.8. The molecule has 0 radical (unpaired) electrons. The molecule has 206 valence electrons. The van der Waals surface area contributed by atoms with Crippen LogP contribution in [0.15, 0.2) is 81.8 Å². The molecular weight excluding hydrogens is 636 g/mol. The van der Waals surface area contributed by atoms with E-state index in [1.165, 1.54) is 19.1 Å². The van der Waals surface area contributed by atoms with Gasteiger partial charge in [-0.15, -0.1) is 0 Å². The third kappa shape index (κ3) is 6.56. The molecule has 4 aromatic rings. The van der Waals surface area contributed by atoms with Gasteiger partial charge in [-0.05, 0) is 43.2 Å². The van der Waals surface area contributed by atoms with Gasteiger partial charge in [0.05, 0.1) is 28.9 Å². The molecule has 0 bridgehead atoms. The number of anilines is 2. The van der Waals surface area contributed by atoms with Crippen LogP contribution in [0, 0.1) is 0 Å². The van der Waals surface area contributed by atoms with E-state index in [1.807, 2.05) is 30.3 Å². The van der Waals surface area contributed by atoms with Crippen LogP contribution in [-0.4, -0.2) is 16.0 Å². The highest BCUT2D eigenvalue weighted by Crippen LogP contribution is 2.64. The predicted molar refractivity (Wildman–Crippen MR) is 153 cm³/mol. The summed E-state index contributed by atoms with van der Waals surface area (Å²) >= 11 is 15.5. The van der Waals surface area contributed by atoms with Crippen LogP contribution in [-0.2, 0) is 21.3 Å². The van der Waals surface area contributed by atoms with Gasteiger partial charge < -0.3 is 13.8 Å². The maximum Gasteiger partial charge on any atom is 0.402 e. The highest BCUT2D eigenvalue weighted by Gasteiger charge is 2.54. The monoisotopic (exact) mass is 658 g/mol. The Morgan fingerprint density at radius 2 is 1.85 bits per heavy atom. The highest BCUT2D eigenvalue weighted by atomic mass is 79.9. The van der Waals surface area contributed by atoms with Crippen LogP contribution < -0.4 is 4.90 Å². The van der Waals surface area contributed by atoms with Gasteiger partial charge in [-0.2, -0.15) is 8.78 Å². The van der Waals surface area contributed by atoms with Gasteiger partial charge in [0.1, 0.15) is 0 Å². The number of aromatic nitrogens is 1. The van der Waals surface area contributed by atoms with E-state index < -0.39 is 24.9 Å². The standard InChI is InChI=1S/C27H24BrCl2F2N2O4P/c1-3-17(2)38-39(35,36)27(31,32)21-11-9-18(13-22(21)28)16-34(20-10-12-23(29)24(30)14-20)26-33-15-25(37-26)19-7-5-4-6-8-19/h4-15,17H,3,16H2,1-2H3,(H,35,36). The van der Waals surface area contributed by atoms with E-state index in [4.69, 9.17) is 32.1 Å². The molecule has 12 heteroatoms. The van der Waals surface area contributed by atoms with Crippen molar-refractivity contribution < 1.29 is 27.2 Å². The summed E-state index contributed by atoms with van der Waals surface area (Å²) in [5.41, 5.74) is -2.80. The van der Waals surface area contributed by atoms with Crippen LogP contribution in [0.4, 0.5) is 20.5 Å². The molecule has 39 heavy (non-hydrogen) atoms. The Morgan fingerprint density at radius 1 is 1.13 bits per heavy atom. The quantitative estimate of drug-likeness (QED) is 0.171. The van der Waals surface area contributed by atoms with Crippen LogP contribution in [0.3, 0.4) is 0 Å². The summed E-state index contributed by atoms with van der Waals surface area (Å²) in [6.07, 6.45) is 1.08. The lowest BCUT2D eigenvalue weighted by atomic mass is 10.1. The molecule has 0 fully saturated rings. The van der Waals surface area contributed by atoms with E-state index in [0.29, 0.717) is 33.5 Å². The number of halogens is 5. The largest absolute Gasteiger partial charge is 0.423 e. The summed E-state index contributed by atoms with van der Waals surface area (Å²) in [6.45, 7) is 3.27. The summed E-state index contributed by atoms with van der Waals surface area (Å²) in [5, 5.41) is 0.672. The Balaban J connectivity index is 1.69. The Morgan fingerprint density at radius 3 is 2.49 bits per heavy atom. The van der Waals surface area contributed by atoms with Crippen LogP contribution in [0.1, 0.15) is 31.4 Å². The van der Waals surface area contributed by atoms with Gasteiger partial charge in [0.25, 0.3) is 0 Å². The van der Waals surface area contributed by atoms with Crippen LogP contribution in [0.2, 0.25) is 10.0 Å². The number of hydrogen-bond donors (Lipinski definition) is 1. The second-order valence-electron chi connectivity index (χ2n) is 8.76. The molecule has 0 aliphatic carbocycles. The SMILES string of the molecule is CCC(C)OP(=O)(O)C(F)(F)c1ccc(CN(c2ccc(Cl)c(Cl)c2)c2ncc(-c3ccccc3)o2)cc1Br. The second kappa shape index (κ2) is 12.1. The summed E-state index contributed by atoms with van der Waals surface area (Å²) in [6, 6.07) is 18.6. The van der Waals surface area contributed by atoms with Crippen molar-refractivity contribution in [3.05, 3.63) is 98.6 Å². The summed E-state index contributed by atoms with van der Waals surface area (Å²) < 4.78 is 53.6. The second-order valence-corrected chi connectivity index (χ2v) is 12.2. The lowest BCUT2D eigenvalue weighted by Crippen LogP contribution is -2.20. The minimum atomic E-state index is -5.32. The maximum absolute atomic E-state index is 15.1. The van der Waals surface area contributed by atoms with Crippen molar-refractivity contribution in [1.29, 1.82) is 0 Å². The minimum Gasteiger partial charge on any atom is -0.423 e. The molecule has 1 N–H and O–H groups in total. The summed E-state index contributed by atoms with van der Waals surface area (Å²) in [7, 11) is -5.32. The van der Waals surface area contributed by atoms with E-state index in [2.05, 4.69) is 20.9 Å².